The van der Waals surface area contributed by atoms with Gasteiger partial charge in [0.25, 0.3) is 0 Å². The minimum absolute atomic E-state index is 0.112. The summed E-state index contributed by atoms with van der Waals surface area (Å²) in [7, 11) is 1.59. The molecule has 102 valence electrons. The van der Waals surface area contributed by atoms with Crippen LogP contribution in [0.1, 0.15) is 28.4 Å². The number of benzene rings is 2. The standard InChI is InChI=1S/C16H13FO3/c1-19-12-4-2-3-10(7-12)16-9-14(18)13-8-11(17)5-6-15(13)20-16/h2-8,16H,9H2,1H3. The fourth-order valence-corrected chi connectivity index (χ4v) is 2.32. The van der Waals surface area contributed by atoms with Gasteiger partial charge in [0.15, 0.2) is 5.78 Å². The van der Waals surface area contributed by atoms with Crippen LogP contribution in [0.4, 0.5) is 4.39 Å². The fraction of sp³-hybridized carbons (Fsp3) is 0.188. The molecule has 3 rings (SSSR count). The second-order valence-corrected chi connectivity index (χ2v) is 4.65. The lowest BCUT2D eigenvalue weighted by Crippen LogP contribution is -2.20. The summed E-state index contributed by atoms with van der Waals surface area (Å²) in [5.74, 6) is 0.595. The lowest BCUT2D eigenvalue weighted by atomic mass is 9.96. The van der Waals surface area contributed by atoms with Crippen LogP contribution < -0.4 is 9.47 Å². The first-order valence-corrected chi connectivity index (χ1v) is 6.31. The van der Waals surface area contributed by atoms with Crippen molar-refractivity contribution in [3.63, 3.8) is 0 Å². The number of halogens is 1. The average molecular weight is 272 g/mol. The maximum atomic E-state index is 13.2. The molecule has 0 N–H and O–H groups in total. The highest BCUT2D eigenvalue weighted by atomic mass is 19.1. The SMILES string of the molecule is COc1cccc(C2CC(=O)c3cc(F)ccc3O2)c1. The van der Waals surface area contributed by atoms with E-state index in [9.17, 15) is 9.18 Å². The molecule has 0 saturated heterocycles. The van der Waals surface area contributed by atoms with E-state index in [1.165, 1.54) is 18.2 Å². The third-order valence-electron chi connectivity index (χ3n) is 3.35. The van der Waals surface area contributed by atoms with Gasteiger partial charge in [0.1, 0.15) is 23.4 Å². The summed E-state index contributed by atoms with van der Waals surface area (Å²) in [5.41, 5.74) is 1.18. The Morgan fingerprint density at radius 3 is 2.90 bits per heavy atom. The predicted octanol–water partition coefficient (Wildman–Crippen LogP) is 3.54. The summed E-state index contributed by atoms with van der Waals surface area (Å²) >= 11 is 0. The van der Waals surface area contributed by atoms with Crippen molar-refractivity contribution in [3.05, 3.63) is 59.4 Å². The Balaban J connectivity index is 1.94. The Bertz CT molecular complexity index is 667. The molecule has 1 aliphatic heterocycles. The fourth-order valence-electron chi connectivity index (χ4n) is 2.32. The Labute approximate surface area is 115 Å². The molecule has 1 heterocycles. The lowest BCUT2D eigenvalue weighted by molar-refractivity contribution is 0.0848. The van der Waals surface area contributed by atoms with Crippen molar-refractivity contribution >= 4 is 5.78 Å². The second-order valence-electron chi connectivity index (χ2n) is 4.65. The first-order valence-electron chi connectivity index (χ1n) is 6.31. The third kappa shape index (κ3) is 2.25. The van der Waals surface area contributed by atoms with E-state index in [1.54, 1.807) is 7.11 Å². The van der Waals surface area contributed by atoms with Crippen molar-refractivity contribution in [1.29, 1.82) is 0 Å². The predicted molar refractivity (Wildman–Crippen MR) is 71.7 cm³/mol. The number of Topliss-reactive ketones (excluding diaryl/α,β-unsaturated/α-hetero) is 1. The van der Waals surface area contributed by atoms with E-state index in [0.29, 0.717) is 17.1 Å². The molecular formula is C16H13FO3. The van der Waals surface area contributed by atoms with Crippen molar-refractivity contribution in [3.8, 4) is 11.5 Å². The molecule has 4 heteroatoms. The van der Waals surface area contributed by atoms with Crippen LogP contribution in [0.2, 0.25) is 0 Å². The summed E-state index contributed by atoms with van der Waals surface area (Å²) in [4.78, 5) is 12.1. The van der Waals surface area contributed by atoms with Gasteiger partial charge in [-0.15, -0.1) is 0 Å². The zero-order valence-electron chi connectivity index (χ0n) is 10.9. The van der Waals surface area contributed by atoms with Crippen molar-refractivity contribution < 1.29 is 18.7 Å². The molecule has 0 radical (unpaired) electrons. The molecule has 3 nitrogen and oxygen atoms in total. The molecule has 0 fully saturated rings. The van der Waals surface area contributed by atoms with Crippen LogP contribution in [-0.4, -0.2) is 12.9 Å². The second kappa shape index (κ2) is 4.96. The quantitative estimate of drug-likeness (QED) is 0.838. The van der Waals surface area contributed by atoms with Crippen LogP contribution in [0, 0.1) is 5.82 Å². The van der Waals surface area contributed by atoms with Gasteiger partial charge >= 0.3 is 0 Å². The summed E-state index contributed by atoms with van der Waals surface area (Å²) < 4.78 is 24.1. The summed E-state index contributed by atoms with van der Waals surface area (Å²) in [5, 5.41) is 0. The third-order valence-corrected chi connectivity index (χ3v) is 3.35. The Kier molecular flexibility index (Phi) is 3.14. The number of ketones is 1. The van der Waals surface area contributed by atoms with E-state index >= 15 is 0 Å². The van der Waals surface area contributed by atoms with E-state index in [-0.39, 0.29) is 18.3 Å². The van der Waals surface area contributed by atoms with Gasteiger partial charge in [-0.2, -0.15) is 0 Å². The van der Waals surface area contributed by atoms with Gasteiger partial charge in [-0.25, -0.2) is 4.39 Å². The number of carbonyl (C=O) groups is 1. The number of fused-ring (bicyclic) bond motifs is 1. The first kappa shape index (κ1) is 12.7. The molecule has 0 spiro atoms. The van der Waals surface area contributed by atoms with Gasteiger partial charge < -0.3 is 9.47 Å². The van der Waals surface area contributed by atoms with Crippen LogP contribution in [-0.2, 0) is 0 Å². The average Bonchev–Trinajstić information content (AvgIpc) is 2.48. The van der Waals surface area contributed by atoms with E-state index in [4.69, 9.17) is 9.47 Å². The molecule has 0 amide bonds. The first-order chi connectivity index (χ1) is 9.67. The van der Waals surface area contributed by atoms with Gasteiger partial charge in [-0.1, -0.05) is 12.1 Å². The van der Waals surface area contributed by atoms with Gasteiger partial charge in [0.05, 0.1) is 19.1 Å². The maximum Gasteiger partial charge on any atom is 0.170 e. The summed E-state index contributed by atoms with van der Waals surface area (Å²) in [6, 6.07) is 11.4. The Hall–Kier alpha value is -2.36. The minimum Gasteiger partial charge on any atom is -0.497 e. The summed E-state index contributed by atoms with van der Waals surface area (Å²) in [6.45, 7) is 0. The molecule has 2 aromatic carbocycles. The monoisotopic (exact) mass is 272 g/mol. The van der Waals surface area contributed by atoms with Gasteiger partial charge in [0.2, 0.25) is 0 Å². The summed E-state index contributed by atoms with van der Waals surface area (Å²) in [6.07, 6.45) is -0.167. The number of ether oxygens (including phenoxy) is 2. The van der Waals surface area contributed by atoms with Crippen LogP contribution in [0.15, 0.2) is 42.5 Å². The molecule has 1 atom stereocenters. The zero-order valence-corrected chi connectivity index (χ0v) is 10.9. The van der Waals surface area contributed by atoms with Crippen LogP contribution in [0.3, 0.4) is 0 Å². The molecular weight excluding hydrogens is 259 g/mol. The van der Waals surface area contributed by atoms with E-state index in [1.807, 2.05) is 24.3 Å². The molecule has 20 heavy (non-hydrogen) atoms. The van der Waals surface area contributed by atoms with Crippen LogP contribution in [0.25, 0.3) is 0 Å². The largest absolute Gasteiger partial charge is 0.497 e. The van der Waals surface area contributed by atoms with E-state index in [0.717, 1.165) is 5.56 Å². The van der Waals surface area contributed by atoms with Crippen LogP contribution in [0.5, 0.6) is 11.5 Å². The van der Waals surface area contributed by atoms with Crippen molar-refractivity contribution in [2.45, 2.75) is 12.5 Å². The highest BCUT2D eigenvalue weighted by Gasteiger charge is 2.28. The molecule has 0 aliphatic carbocycles. The molecule has 0 aromatic heterocycles. The maximum absolute atomic E-state index is 13.2. The molecule has 0 bridgehead atoms. The van der Waals surface area contributed by atoms with Gasteiger partial charge in [-0.05, 0) is 35.9 Å². The van der Waals surface area contributed by atoms with Crippen molar-refractivity contribution in [2.24, 2.45) is 0 Å². The van der Waals surface area contributed by atoms with E-state index < -0.39 is 5.82 Å². The molecule has 1 aliphatic rings. The highest BCUT2D eigenvalue weighted by molar-refractivity contribution is 6.00. The number of hydrogen-bond donors (Lipinski definition) is 0. The minimum atomic E-state index is -0.430. The number of rotatable bonds is 2. The molecule has 0 saturated carbocycles. The molecule has 2 aromatic rings. The highest BCUT2D eigenvalue weighted by Crippen LogP contribution is 2.35. The van der Waals surface area contributed by atoms with E-state index in [2.05, 4.69) is 0 Å². The zero-order chi connectivity index (χ0) is 14.1. The smallest absolute Gasteiger partial charge is 0.170 e. The van der Waals surface area contributed by atoms with Crippen molar-refractivity contribution in [2.75, 3.05) is 7.11 Å². The number of carbonyl (C=O) groups excluding carboxylic acids is 1. The topological polar surface area (TPSA) is 35.5 Å². The van der Waals surface area contributed by atoms with Gasteiger partial charge in [-0.3, -0.25) is 4.79 Å². The molecule has 1 unspecified atom stereocenters. The Morgan fingerprint density at radius 1 is 1.25 bits per heavy atom. The Morgan fingerprint density at radius 2 is 2.10 bits per heavy atom. The number of methoxy groups -OCH3 is 1. The van der Waals surface area contributed by atoms with Gasteiger partial charge in [0, 0.05) is 0 Å². The lowest BCUT2D eigenvalue weighted by Gasteiger charge is -2.25. The van der Waals surface area contributed by atoms with Crippen molar-refractivity contribution in [1.82, 2.24) is 0 Å². The number of hydrogen-bond acceptors (Lipinski definition) is 3. The van der Waals surface area contributed by atoms with Crippen LogP contribution >= 0.6 is 0 Å². The normalized spacial score (nSPS) is 17.3.